The highest BCUT2D eigenvalue weighted by Gasteiger charge is 2.12. The van der Waals surface area contributed by atoms with Gasteiger partial charge >= 0.3 is 0 Å². The highest BCUT2D eigenvalue weighted by Crippen LogP contribution is 2.18. The number of H-pyrrole nitrogens is 1. The lowest BCUT2D eigenvalue weighted by molar-refractivity contribution is -0.120. The first-order valence-corrected chi connectivity index (χ1v) is 6.48. The summed E-state index contributed by atoms with van der Waals surface area (Å²) in [5.41, 5.74) is 1.98. The predicted molar refractivity (Wildman–Crippen MR) is 74.5 cm³/mol. The Labute approximate surface area is 112 Å². The Kier molecular flexibility index (Phi) is 4.19. The number of nitriles is 1. The normalized spacial score (nSPS) is 12.0. The number of para-hydroxylation sites is 1. The molecule has 0 fully saturated rings. The summed E-state index contributed by atoms with van der Waals surface area (Å²) in [6.07, 6.45) is 3.72. The monoisotopic (exact) mass is 255 g/mol. The molecule has 1 aromatic heterocycles. The topological polar surface area (TPSA) is 68.7 Å². The molecule has 0 radical (unpaired) electrons. The standard InChI is InChI=1S/C15H17N3O/c1-2-5-12(9-16)18-15(19)8-11-10-17-14-7-4-3-6-13(11)14/h3-4,6-7,10,12,17H,2,5,8H2,1H3,(H,18,19). The fourth-order valence-corrected chi connectivity index (χ4v) is 2.15. The third kappa shape index (κ3) is 3.14. The van der Waals surface area contributed by atoms with E-state index in [2.05, 4.69) is 16.4 Å². The summed E-state index contributed by atoms with van der Waals surface area (Å²) in [5.74, 6) is -0.107. The summed E-state index contributed by atoms with van der Waals surface area (Å²) >= 11 is 0. The molecule has 2 rings (SSSR count). The van der Waals surface area contributed by atoms with Crippen molar-refractivity contribution in [3.8, 4) is 6.07 Å². The van der Waals surface area contributed by atoms with Crippen LogP contribution in [0.25, 0.3) is 10.9 Å². The number of aromatic amines is 1. The molecule has 1 heterocycles. The second-order valence-corrected chi connectivity index (χ2v) is 4.57. The van der Waals surface area contributed by atoms with Crippen molar-refractivity contribution in [3.05, 3.63) is 36.0 Å². The molecule has 2 N–H and O–H groups in total. The third-order valence-corrected chi connectivity index (χ3v) is 3.09. The zero-order valence-electron chi connectivity index (χ0n) is 10.9. The zero-order valence-corrected chi connectivity index (χ0v) is 10.9. The molecule has 19 heavy (non-hydrogen) atoms. The van der Waals surface area contributed by atoms with Gasteiger partial charge in [-0.15, -0.1) is 0 Å². The molecule has 0 aliphatic rings. The second kappa shape index (κ2) is 6.05. The molecule has 98 valence electrons. The van der Waals surface area contributed by atoms with E-state index in [-0.39, 0.29) is 11.9 Å². The van der Waals surface area contributed by atoms with Gasteiger partial charge in [-0.1, -0.05) is 31.5 Å². The molecule has 0 spiro atoms. The number of hydrogen-bond donors (Lipinski definition) is 2. The number of rotatable bonds is 5. The van der Waals surface area contributed by atoms with E-state index in [0.717, 1.165) is 22.9 Å². The minimum Gasteiger partial charge on any atom is -0.361 e. The second-order valence-electron chi connectivity index (χ2n) is 4.57. The summed E-state index contributed by atoms with van der Waals surface area (Å²) in [7, 11) is 0. The van der Waals surface area contributed by atoms with Crippen LogP contribution >= 0.6 is 0 Å². The summed E-state index contributed by atoms with van der Waals surface area (Å²) in [4.78, 5) is 15.1. The van der Waals surface area contributed by atoms with Crippen LogP contribution in [0.3, 0.4) is 0 Å². The van der Waals surface area contributed by atoms with E-state index >= 15 is 0 Å². The van der Waals surface area contributed by atoms with Crippen molar-refractivity contribution in [2.45, 2.75) is 32.2 Å². The van der Waals surface area contributed by atoms with E-state index in [9.17, 15) is 4.79 Å². The van der Waals surface area contributed by atoms with Crippen molar-refractivity contribution in [3.63, 3.8) is 0 Å². The number of hydrogen-bond acceptors (Lipinski definition) is 2. The number of benzene rings is 1. The molecule has 1 unspecified atom stereocenters. The van der Waals surface area contributed by atoms with Gasteiger partial charge in [-0.25, -0.2) is 0 Å². The molecule has 0 saturated carbocycles. The van der Waals surface area contributed by atoms with Crippen LogP contribution in [0, 0.1) is 11.3 Å². The molecule has 0 bridgehead atoms. The first-order valence-electron chi connectivity index (χ1n) is 6.48. The van der Waals surface area contributed by atoms with Crippen LogP contribution in [0.15, 0.2) is 30.5 Å². The Hall–Kier alpha value is -2.28. The molecule has 0 aliphatic carbocycles. The van der Waals surface area contributed by atoms with Gasteiger partial charge in [0, 0.05) is 17.1 Å². The van der Waals surface area contributed by atoms with E-state index < -0.39 is 0 Å². The van der Waals surface area contributed by atoms with Crippen molar-refractivity contribution in [1.82, 2.24) is 10.3 Å². The molecule has 1 aromatic carbocycles. The quantitative estimate of drug-likeness (QED) is 0.862. The average Bonchev–Trinajstić information content (AvgIpc) is 2.82. The highest BCUT2D eigenvalue weighted by molar-refractivity contribution is 5.89. The van der Waals surface area contributed by atoms with Gasteiger partial charge in [-0.2, -0.15) is 5.26 Å². The summed E-state index contributed by atoms with van der Waals surface area (Å²) in [6.45, 7) is 2.00. The Morgan fingerprint density at radius 1 is 1.47 bits per heavy atom. The van der Waals surface area contributed by atoms with Crippen LogP contribution in [0.4, 0.5) is 0 Å². The van der Waals surface area contributed by atoms with Gasteiger partial charge in [0.05, 0.1) is 12.5 Å². The van der Waals surface area contributed by atoms with E-state index in [1.165, 1.54) is 0 Å². The van der Waals surface area contributed by atoms with Gasteiger partial charge in [-0.3, -0.25) is 4.79 Å². The van der Waals surface area contributed by atoms with Gasteiger partial charge in [-0.05, 0) is 18.1 Å². The summed E-state index contributed by atoms with van der Waals surface area (Å²) < 4.78 is 0. The van der Waals surface area contributed by atoms with E-state index in [0.29, 0.717) is 12.8 Å². The van der Waals surface area contributed by atoms with E-state index in [1.54, 1.807) is 0 Å². The van der Waals surface area contributed by atoms with Crippen LogP contribution in [0.5, 0.6) is 0 Å². The van der Waals surface area contributed by atoms with Crippen molar-refractivity contribution in [2.75, 3.05) is 0 Å². The van der Waals surface area contributed by atoms with Crippen molar-refractivity contribution < 1.29 is 4.79 Å². The van der Waals surface area contributed by atoms with Crippen LogP contribution in [-0.2, 0) is 11.2 Å². The molecule has 2 aromatic rings. The van der Waals surface area contributed by atoms with Gasteiger partial charge in [0.2, 0.25) is 5.91 Å². The van der Waals surface area contributed by atoms with Crippen molar-refractivity contribution in [1.29, 1.82) is 5.26 Å². The van der Waals surface area contributed by atoms with Gasteiger partial charge in [0.25, 0.3) is 0 Å². The number of aromatic nitrogens is 1. The molecule has 0 saturated heterocycles. The van der Waals surface area contributed by atoms with Crippen LogP contribution < -0.4 is 5.32 Å². The minimum absolute atomic E-state index is 0.107. The number of carbonyl (C=O) groups excluding carboxylic acids is 1. The molecular formula is C15H17N3O. The van der Waals surface area contributed by atoms with Crippen molar-refractivity contribution in [2.24, 2.45) is 0 Å². The molecular weight excluding hydrogens is 238 g/mol. The highest BCUT2D eigenvalue weighted by atomic mass is 16.1. The molecule has 1 atom stereocenters. The minimum atomic E-state index is -0.386. The van der Waals surface area contributed by atoms with Gasteiger partial charge < -0.3 is 10.3 Å². The fourth-order valence-electron chi connectivity index (χ4n) is 2.15. The summed E-state index contributed by atoms with van der Waals surface area (Å²) in [5, 5.41) is 12.7. The van der Waals surface area contributed by atoms with Crippen LogP contribution in [0.2, 0.25) is 0 Å². The van der Waals surface area contributed by atoms with E-state index in [1.807, 2.05) is 37.4 Å². The zero-order chi connectivity index (χ0) is 13.7. The molecule has 4 heteroatoms. The van der Waals surface area contributed by atoms with Crippen molar-refractivity contribution >= 4 is 16.8 Å². The predicted octanol–water partition coefficient (Wildman–Crippen LogP) is 2.52. The first kappa shape index (κ1) is 13.2. The SMILES string of the molecule is CCCC(C#N)NC(=O)Cc1c[nH]c2ccccc12. The Balaban J connectivity index is 2.05. The lowest BCUT2D eigenvalue weighted by Gasteiger charge is -2.09. The number of nitrogens with one attached hydrogen (secondary N) is 2. The maximum absolute atomic E-state index is 11.9. The Morgan fingerprint density at radius 3 is 3.00 bits per heavy atom. The largest absolute Gasteiger partial charge is 0.361 e. The number of fused-ring (bicyclic) bond motifs is 1. The van der Waals surface area contributed by atoms with Gasteiger partial charge in [0.15, 0.2) is 0 Å². The smallest absolute Gasteiger partial charge is 0.225 e. The number of nitrogens with zero attached hydrogens (tertiary/aromatic N) is 1. The third-order valence-electron chi connectivity index (χ3n) is 3.09. The number of amides is 1. The molecule has 0 aliphatic heterocycles. The van der Waals surface area contributed by atoms with E-state index in [4.69, 9.17) is 5.26 Å². The lowest BCUT2D eigenvalue weighted by Crippen LogP contribution is -2.34. The maximum atomic E-state index is 11.9. The average molecular weight is 255 g/mol. The van der Waals surface area contributed by atoms with Crippen LogP contribution in [-0.4, -0.2) is 16.9 Å². The lowest BCUT2D eigenvalue weighted by atomic mass is 10.1. The fraction of sp³-hybridized carbons (Fsp3) is 0.333. The van der Waals surface area contributed by atoms with Crippen LogP contribution in [0.1, 0.15) is 25.3 Å². The Bertz CT molecular complexity index is 609. The maximum Gasteiger partial charge on any atom is 0.225 e. The number of carbonyl (C=O) groups is 1. The summed E-state index contributed by atoms with van der Waals surface area (Å²) in [6, 6.07) is 9.60. The Morgan fingerprint density at radius 2 is 2.26 bits per heavy atom. The van der Waals surface area contributed by atoms with Gasteiger partial charge in [0.1, 0.15) is 6.04 Å². The molecule has 4 nitrogen and oxygen atoms in total. The first-order chi connectivity index (χ1) is 9.24. The molecule has 1 amide bonds.